The van der Waals surface area contributed by atoms with E-state index in [0.29, 0.717) is 37.1 Å². The van der Waals surface area contributed by atoms with Crippen molar-refractivity contribution < 1.29 is 14.2 Å². The molecule has 3 aromatic carbocycles. The van der Waals surface area contributed by atoms with Gasteiger partial charge in [0.1, 0.15) is 17.3 Å². The lowest BCUT2D eigenvalue weighted by Gasteiger charge is -2.26. The molecule has 0 spiro atoms. The Hall–Kier alpha value is -3.48. The number of aromatic nitrogens is 2. The lowest BCUT2D eigenvalue weighted by atomic mass is 10.1. The van der Waals surface area contributed by atoms with E-state index in [-0.39, 0.29) is 5.82 Å². The summed E-state index contributed by atoms with van der Waals surface area (Å²) >= 11 is 0. The molecule has 1 aliphatic rings. The number of rotatable bonds is 11. The maximum Gasteiger partial charge on any atom is 0.222 e. The first-order chi connectivity index (χ1) is 17.5. The van der Waals surface area contributed by atoms with Gasteiger partial charge in [0.25, 0.3) is 0 Å². The first kappa shape index (κ1) is 24.2. The molecule has 36 heavy (non-hydrogen) atoms. The summed E-state index contributed by atoms with van der Waals surface area (Å²) in [4.78, 5) is 2.33. The summed E-state index contributed by atoms with van der Waals surface area (Å²) in [5.74, 6) is 1.53. The van der Waals surface area contributed by atoms with Gasteiger partial charge in [0, 0.05) is 32.2 Å². The van der Waals surface area contributed by atoms with Crippen LogP contribution < -0.4 is 4.74 Å². The fraction of sp³-hybridized carbons (Fsp3) is 0.300. The number of aliphatic hydroxyl groups is 1. The Bertz CT molecular complexity index is 1250. The Morgan fingerprint density at radius 2 is 1.67 bits per heavy atom. The van der Waals surface area contributed by atoms with E-state index in [9.17, 15) is 9.50 Å². The van der Waals surface area contributed by atoms with E-state index in [0.717, 1.165) is 28.9 Å². The second kappa shape index (κ2) is 11.1. The van der Waals surface area contributed by atoms with E-state index in [2.05, 4.69) is 17.0 Å². The van der Waals surface area contributed by atoms with Crippen LogP contribution in [0.15, 0.2) is 84.9 Å². The molecule has 186 valence electrons. The summed E-state index contributed by atoms with van der Waals surface area (Å²) in [7, 11) is 1.87. The SMILES string of the molecule is Cn1nc(-c2ccccc2)c(CN(CC2CC2)C[C@H](O)Cc2ccccc2)c1Oc1ccc(F)cc1. The predicted octanol–water partition coefficient (Wildman–Crippen LogP) is 5.83. The molecule has 1 saturated carbocycles. The van der Waals surface area contributed by atoms with Crippen molar-refractivity contribution in [2.24, 2.45) is 13.0 Å². The Morgan fingerprint density at radius 1 is 1.00 bits per heavy atom. The van der Waals surface area contributed by atoms with Gasteiger partial charge in [-0.2, -0.15) is 5.10 Å². The summed E-state index contributed by atoms with van der Waals surface area (Å²) in [6.07, 6.45) is 2.58. The lowest BCUT2D eigenvalue weighted by Crippen LogP contribution is -2.35. The Morgan fingerprint density at radius 3 is 2.33 bits per heavy atom. The zero-order valence-corrected chi connectivity index (χ0v) is 20.6. The van der Waals surface area contributed by atoms with Gasteiger partial charge in [-0.05, 0) is 55.0 Å². The number of benzene rings is 3. The second-order valence-electron chi connectivity index (χ2n) is 9.66. The number of halogens is 1. The highest BCUT2D eigenvalue weighted by atomic mass is 19.1. The molecule has 5 rings (SSSR count). The third-order valence-corrected chi connectivity index (χ3v) is 6.54. The molecule has 0 amide bonds. The van der Waals surface area contributed by atoms with Crippen LogP contribution in [-0.4, -0.2) is 39.0 Å². The van der Waals surface area contributed by atoms with E-state index in [4.69, 9.17) is 9.84 Å². The lowest BCUT2D eigenvalue weighted by molar-refractivity contribution is 0.105. The molecule has 6 heteroatoms. The number of aryl methyl sites for hydroxylation is 1. The molecule has 0 aliphatic heterocycles. The minimum Gasteiger partial charge on any atom is -0.439 e. The van der Waals surface area contributed by atoms with Crippen molar-refractivity contribution in [3.8, 4) is 22.9 Å². The smallest absolute Gasteiger partial charge is 0.222 e. The zero-order chi connectivity index (χ0) is 24.9. The molecular weight excluding hydrogens is 453 g/mol. The van der Waals surface area contributed by atoms with Crippen LogP contribution in [0.2, 0.25) is 0 Å². The first-order valence-electron chi connectivity index (χ1n) is 12.5. The highest BCUT2D eigenvalue weighted by Crippen LogP contribution is 2.36. The summed E-state index contributed by atoms with van der Waals surface area (Å²) < 4.78 is 21.5. The van der Waals surface area contributed by atoms with Crippen LogP contribution in [0.3, 0.4) is 0 Å². The molecule has 1 aromatic heterocycles. The Labute approximate surface area is 211 Å². The molecular formula is C30H32FN3O2. The molecule has 4 aromatic rings. The second-order valence-corrected chi connectivity index (χ2v) is 9.66. The molecule has 0 saturated heterocycles. The van der Waals surface area contributed by atoms with Crippen molar-refractivity contribution in [2.45, 2.75) is 31.9 Å². The summed E-state index contributed by atoms with van der Waals surface area (Å²) in [5, 5.41) is 15.8. The molecule has 0 unspecified atom stereocenters. The van der Waals surface area contributed by atoms with Gasteiger partial charge in [-0.1, -0.05) is 60.7 Å². The quantitative estimate of drug-likeness (QED) is 0.290. The van der Waals surface area contributed by atoms with Crippen LogP contribution >= 0.6 is 0 Å². The molecule has 0 bridgehead atoms. The van der Waals surface area contributed by atoms with Crippen LogP contribution in [-0.2, 0) is 20.0 Å². The van der Waals surface area contributed by atoms with Crippen LogP contribution in [0, 0.1) is 11.7 Å². The van der Waals surface area contributed by atoms with E-state index in [1.807, 2.05) is 55.6 Å². The molecule has 1 heterocycles. The average molecular weight is 486 g/mol. The van der Waals surface area contributed by atoms with Gasteiger partial charge in [-0.15, -0.1) is 0 Å². The summed E-state index contributed by atoms with van der Waals surface area (Å²) in [6.45, 7) is 2.08. The first-order valence-corrected chi connectivity index (χ1v) is 12.5. The van der Waals surface area contributed by atoms with Crippen molar-refractivity contribution in [2.75, 3.05) is 13.1 Å². The maximum absolute atomic E-state index is 13.5. The van der Waals surface area contributed by atoms with Gasteiger partial charge in [-0.25, -0.2) is 9.07 Å². The van der Waals surface area contributed by atoms with Gasteiger partial charge in [0.15, 0.2) is 0 Å². The molecule has 5 nitrogen and oxygen atoms in total. The highest BCUT2D eigenvalue weighted by molar-refractivity contribution is 5.65. The monoisotopic (exact) mass is 485 g/mol. The summed E-state index contributed by atoms with van der Waals surface area (Å²) in [6, 6.07) is 26.2. The summed E-state index contributed by atoms with van der Waals surface area (Å²) in [5.41, 5.74) is 3.95. The third kappa shape index (κ3) is 6.20. The van der Waals surface area contributed by atoms with Gasteiger partial charge >= 0.3 is 0 Å². The molecule has 1 aliphatic carbocycles. The number of ether oxygens (including phenoxy) is 1. The Kier molecular flexibility index (Phi) is 7.44. The maximum atomic E-state index is 13.5. The van der Waals surface area contributed by atoms with E-state index >= 15 is 0 Å². The average Bonchev–Trinajstić information content (AvgIpc) is 3.65. The Balaban J connectivity index is 1.44. The molecule has 1 atom stereocenters. The van der Waals surface area contributed by atoms with Gasteiger partial charge in [0.05, 0.1) is 11.7 Å². The van der Waals surface area contributed by atoms with Crippen molar-refractivity contribution in [1.29, 1.82) is 0 Å². The number of hydrogen-bond donors (Lipinski definition) is 1. The van der Waals surface area contributed by atoms with Gasteiger partial charge < -0.3 is 9.84 Å². The highest BCUT2D eigenvalue weighted by Gasteiger charge is 2.28. The molecule has 1 fully saturated rings. The largest absolute Gasteiger partial charge is 0.439 e. The molecule has 0 radical (unpaired) electrons. The minimum absolute atomic E-state index is 0.305. The number of aliphatic hydroxyl groups excluding tert-OH is 1. The molecule has 1 N–H and O–H groups in total. The van der Waals surface area contributed by atoms with Gasteiger partial charge in [-0.3, -0.25) is 4.90 Å². The fourth-order valence-electron chi connectivity index (χ4n) is 4.61. The number of hydrogen-bond acceptors (Lipinski definition) is 4. The predicted molar refractivity (Wildman–Crippen MR) is 139 cm³/mol. The third-order valence-electron chi connectivity index (χ3n) is 6.54. The van der Waals surface area contributed by atoms with Crippen molar-refractivity contribution >= 4 is 0 Å². The standard InChI is InChI=1S/C30H32FN3O2/c1-33-30(36-27-16-14-25(31)15-17-27)28(29(32-33)24-10-6-3-7-11-24)21-34(19-23-12-13-23)20-26(35)18-22-8-4-2-5-9-22/h2-11,14-17,23,26,35H,12-13,18-21H2,1H3/t26-/m1/s1. The number of nitrogens with zero attached hydrogens (tertiary/aromatic N) is 3. The van der Waals surface area contributed by atoms with Crippen molar-refractivity contribution in [1.82, 2.24) is 14.7 Å². The fourth-order valence-corrected chi connectivity index (χ4v) is 4.61. The van der Waals surface area contributed by atoms with Crippen LogP contribution in [0.1, 0.15) is 24.0 Å². The van der Waals surface area contributed by atoms with Crippen LogP contribution in [0.25, 0.3) is 11.3 Å². The normalized spacial score (nSPS) is 14.2. The van der Waals surface area contributed by atoms with E-state index in [1.54, 1.807) is 16.8 Å². The minimum atomic E-state index is -0.482. The van der Waals surface area contributed by atoms with E-state index in [1.165, 1.54) is 25.0 Å². The zero-order valence-electron chi connectivity index (χ0n) is 20.6. The van der Waals surface area contributed by atoms with Crippen LogP contribution in [0.4, 0.5) is 4.39 Å². The van der Waals surface area contributed by atoms with Crippen molar-refractivity contribution in [3.05, 3.63) is 102 Å². The van der Waals surface area contributed by atoms with Gasteiger partial charge in [0.2, 0.25) is 5.88 Å². The van der Waals surface area contributed by atoms with Crippen LogP contribution in [0.5, 0.6) is 11.6 Å². The van der Waals surface area contributed by atoms with Crippen molar-refractivity contribution in [3.63, 3.8) is 0 Å². The topological polar surface area (TPSA) is 50.5 Å². The van der Waals surface area contributed by atoms with E-state index < -0.39 is 6.10 Å².